The number of nitrogens with zero attached hydrogens (tertiary/aromatic N) is 2. The standard InChI is InChI=1S/C20H27N3O2/c1-4-5-14-23(2)19-15-17(11-12-21-19)20(24)22-13-10-16-8-6-7-9-18(16)25-3/h6-9,11-12,15H,4-5,10,13-14H2,1-3H3,(H,22,24). The summed E-state index contributed by atoms with van der Waals surface area (Å²) in [7, 11) is 3.66. The Morgan fingerprint density at radius 1 is 1.28 bits per heavy atom. The molecule has 0 spiro atoms. The summed E-state index contributed by atoms with van der Waals surface area (Å²) >= 11 is 0. The highest BCUT2D eigenvalue weighted by molar-refractivity contribution is 5.94. The number of amides is 1. The number of benzene rings is 1. The van der Waals surface area contributed by atoms with Crippen molar-refractivity contribution < 1.29 is 9.53 Å². The second kappa shape index (κ2) is 9.67. The van der Waals surface area contributed by atoms with E-state index in [4.69, 9.17) is 4.74 Å². The Labute approximate surface area is 150 Å². The number of nitrogens with one attached hydrogen (secondary N) is 1. The average Bonchev–Trinajstić information content (AvgIpc) is 2.66. The third-order valence-electron chi connectivity index (χ3n) is 4.12. The molecule has 5 nitrogen and oxygen atoms in total. The Kier molecular flexibility index (Phi) is 7.26. The van der Waals surface area contributed by atoms with E-state index in [-0.39, 0.29) is 5.91 Å². The summed E-state index contributed by atoms with van der Waals surface area (Å²) in [5, 5.41) is 2.97. The van der Waals surface area contributed by atoms with E-state index in [1.807, 2.05) is 37.4 Å². The van der Waals surface area contributed by atoms with Crippen LogP contribution in [0.1, 0.15) is 35.7 Å². The van der Waals surface area contributed by atoms with Gasteiger partial charge >= 0.3 is 0 Å². The number of unbranched alkanes of at least 4 members (excludes halogenated alkanes) is 1. The van der Waals surface area contributed by atoms with Gasteiger partial charge in [-0.05, 0) is 36.6 Å². The summed E-state index contributed by atoms with van der Waals surface area (Å²) < 4.78 is 5.34. The SMILES string of the molecule is CCCCN(C)c1cc(C(=O)NCCc2ccccc2OC)ccn1. The smallest absolute Gasteiger partial charge is 0.251 e. The molecule has 0 saturated heterocycles. The van der Waals surface area contributed by atoms with E-state index in [2.05, 4.69) is 22.1 Å². The Morgan fingerprint density at radius 3 is 2.84 bits per heavy atom. The van der Waals surface area contributed by atoms with Crippen molar-refractivity contribution in [1.82, 2.24) is 10.3 Å². The number of ether oxygens (including phenoxy) is 1. The van der Waals surface area contributed by atoms with Crippen molar-refractivity contribution in [2.75, 3.05) is 32.1 Å². The third-order valence-corrected chi connectivity index (χ3v) is 4.12. The Hall–Kier alpha value is -2.56. The quantitative estimate of drug-likeness (QED) is 0.760. The van der Waals surface area contributed by atoms with E-state index in [1.54, 1.807) is 19.4 Å². The van der Waals surface area contributed by atoms with Gasteiger partial charge in [-0.2, -0.15) is 0 Å². The second-order valence-electron chi connectivity index (χ2n) is 6.00. The average molecular weight is 341 g/mol. The molecule has 1 amide bonds. The zero-order chi connectivity index (χ0) is 18.1. The van der Waals surface area contributed by atoms with Crippen molar-refractivity contribution in [1.29, 1.82) is 0 Å². The molecule has 0 fully saturated rings. The lowest BCUT2D eigenvalue weighted by molar-refractivity contribution is 0.0954. The van der Waals surface area contributed by atoms with Crippen LogP contribution < -0.4 is 15.0 Å². The molecule has 5 heteroatoms. The van der Waals surface area contributed by atoms with Crippen LogP contribution in [0.5, 0.6) is 5.75 Å². The van der Waals surface area contributed by atoms with Crippen LogP contribution in [0.25, 0.3) is 0 Å². The first-order chi connectivity index (χ1) is 12.2. The highest BCUT2D eigenvalue weighted by Gasteiger charge is 2.09. The molecule has 1 aromatic carbocycles. The molecule has 2 aromatic rings. The fourth-order valence-electron chi connectivity index (χ4n) is 2.60. The molecule has 0 atom stereocenters. The minimum Gasteiger partial charge on any atom is -0.496 e. The van der Waals surface area contributed by atoms with Gasteiger partial charge in [0.15, 0.2) is 0 Å². The number of para-hydroxylation sites is 1. The van der Waals surface area contributed by atoms with E-state index in [9.17, 15) is 4.79 Å². The van der Waals surface area contributed by atoms with Crippen LogP contribution in [0.4, 0.5) is 5.82 Å². The Balaban J connectivity index is 1.92. The normalized spacial score (nSPS) is 10.4. The van der Waals surface area contributed by atoms with Gasteiger partial charge in [-0.3, -0.25) is 4.79 Å². The number of methoxy groups -OCH3 is 1. The van der Waals surface area contributed by atoms with Crippen molar-refractivity contribution in [3.63, 3.8) is 0 Å². The Morgan fingerprint density at radius 2 is 2.08 bits per heavy atom. The predicted octanol–water partition coefficient (Wildman–Crippen LogP) is 3.30. The molecule has 0 bridgehead atoms. The summed E-state index contributed by atoms with van der Waals surface area (Å²) in [6, 6.07) is 11.4. The molecule has 0 saturated carbocycles. The molecule has 0 radical (unpaired) electrons. The molecular formula is C20H27N3O2. The number of rotatable bonds is 9. The second-order valence-corrected chi connectivity index (χ2v) is 6.00. The first-order valence-corrected chi connectivity index (χ1v) is 8.73. The van der Waals surface area contributed by atoms with Gasteiger partial charge in [0.25, 0.3) is 5.91 Å². The predicted molar refractivity (Wildman–Crippen MR) is 101 cm³/mol. The minimum absolute atomic E-state index is 0.0811. The number of anilines is 1. The van der Waals surface area contributed by atoms with Crippen molar-refractivity contribution in [3.8, 4) is 5.75 Å². The van der Waals surface area contributed by atoms with Crippen LogP contribution in [-0.2, 0) is 6.42 Å². The molecule has 1 aromatic heterocycles. The number of pyridine rings is 1. The molecule has 134 valence electrons. The van der Waals surface area contributed by atoms with Gasteiger partial charge in [-0.25, -0.2) is 4.98 Å². The summed E-state index contributed by atoms with van der Waals surface area (Å²) in [5.74, 6) is 1.59. The van der Waals surface area contributed by atoms with Gasteiger partial charge in [0.05, 0.1) is 7.11 Å². The highest BCUT2D eigenvalue weighted by atomic mass is 16.5. The van der Waals surface area contributed by atoms with E-state index in [1.165, 1.54) is 0 Å². The maximum atomic E-state index is 12.4. The number of carbonyl (C=O) groups excluding carboxylic acids is 1. The van der Waals surface area contributed by atoms with E-state index in [0.717, 1.165) is 42.9 Å². The fraction of sp³-hybridized carbons (Fsp3) is 0.400. The summed E-state index contributed by atoms with van der Waals surface area (Å²) in [4.78, 5) is 18.8. The number of hydrogen-bond acceptors (Lipinski definition) is 4. The molecule has 0 aliphatic carbocycles. The largest absolute Gasteiger partial charge is 0.496 e. The first kappa shape index (κ1) is 18.8. The molecule has 0 aliphatic rings. The van der Waals surface area contributed by atoms with Crippen LogP contribution in [-0.4, -0.2) is 38.1 Å². The van der Waals surface area contributed by atoms with Crippen LogP contribution in [0, 0.1) is 0 Å². The molecule has 1 heterocycles. The zero-order valence-electron chi connectivity index (χ0n) is 15.3. The molecule has 2 rings (SSSR count). The zero-order valence-corrected chi connectivity index (χ0v) is 15.3. The van der Waals surface area contributed by atoms with Gasteiger partial charge in [-0.1, -0.05) is 31.5 Å². The summed E-state index contributed by atoms with van der Waals surface area (Å²) in [6.07, 6.45) is 4.65. The summed E-state index contributed by atoms with van der Waals surface area (Å²) in [5.41, 5.74) is 1.72. The fourth-order valence-corrected chi connectivity index (χ4v) is 2.60. The van der Waals surface area contributed by atoms with Crippen LogP contribution in [0.15, 0.2) is 42.6 Å². The first-order valence-electron chi connectivity index (χ1n) is 8.73. The molecule has 0 unspecified atom stereocenters. The van der Waals surface area contributed by atoms with E-state index < -0.39 is 0 Å². The van der Waals surface area contributed by atoms with Gasteiger partial charge in [-0.15, -0.1) is 0 Å². The molecule has 25 heavy (non-hydrogen) atoms. The minimum atomic E-state index is -0.0811. The van der Waals surface area contributed by atoms with Crippen molar-refractivity contribution in [2.45, 2.75) is 26.2 Å². The number of carbonyl (C=O) groups is 1. The van der Waals surface area contributed by atoms with E-state index in [0.29, 0.717) is 12.1 Å². The van der Waals surface area contributed by atoms with Crippen LogP contribution in [0.2, 0.25) is 0 Å². The highest BCUT2D eigenvalue weighted by Crippen LogP contribution is 2.17. The van der Waals surface area contributed by atoms with Gasteiger partial charge in [0.1, 0.15) is 11.6 Å². The van der Waals surface area contributed by atoms with Crippen molar-refractivity contribution >= 4 is 11.7 Å². The van der Waals surface area contributed by atoms with E-state index >= 15 is 0 Å². The lowest BCUT2D eigenvalue weighted by Crippen LogP contribution is -2.26. The monoisotopic (exact) mass is 341 g/mol. The maximum absolute atomic E-state index is 12.4. The molecule has 1 N–H and O–H groups in total. The summed E-state index contributed by atoms with van der Waals surface area (Å²) in [6.45, 7) is 3.65. The maximum Gasteiger partial charge on any atom is 0.251 e. The molecule has 0 aliphatic heterocycles. The lowest BCUT2D eigenvalue weighted by Gasteiger charge is -2.18. The number of hydrogen-bond donors (Lipinski definition) is 1. The third kappa shape index (κ3) is 5.48. The van der Waals surface area contributed by atoms with Gasteiger partial charge in [0.2, 0.25) is 0 Å². The van der Waals surface area contributed by atoms with Crippen LogP contribution >= 0.6 is 0 Å². The lowest BCUT2D eigenvalue weighted by atomic mass is 10.1. The van der Waals surface area contributed by atoms with Gasteiger partial charge < -0.3 is 15.0 Å². The Bertz CT molecular complexity index is 688. The van der Waals surface area contributed by atoms with Crippen molar-refractivity contribution in [2.24, 2.45) is 0 Å². The molecular weight excluding hydrogens is 314 g/mol. The van der Waals surface area contributed by atoms with Crippen LogP contribution in [0.3, 0.4) is 0 Å². The van der Waals surface area contributed by atoms with Crippen molar-refractivity contribution in [3.05, 3.63) is 53.7 Å². The number of aromatic nitrogens is 1. The topological polar surface area (TPSA) is 54.5 Å². The van der Waals surface area contributed by atoms with Gasteiger partial charge in [0, 0.05) is 31.9 Å².